The second-order valence-corrected chi connectivity index (χ2v) is 5.24. The number of ether oxygens (including phenoxy) is 1. The highest BCUT2D eigenvalue weighted by atomic mass is 32.1. The van der Waals surface area contributed by atoms with Crippen molar-refractivity contribution >= 4 is 17.2 Å². The molecule has 0 radical (unpaired) electrons. The predicted octanol–water partition coefficient (Wildman–Crippen LogP) is 2.23. The lowest BCUT2D eigenvalue weighted by molar-refractivity contribution is 0.231. The lowest BCUT2D eigenvalue weighted by Crippen LogP contribution is -2.24. The van der Waals surface area contributed by atoms with Gasteiger partial charge in [-0.2, -0.15) is 0 Å². The predicted molar refractivity (Wildman–Crippen MR) is 88.4 cm³/mol. The first-order valence-corrected chi connectivity index (χ1v) is 7.17. The first kappa shape index (κ1) is 15.4. The molecule has 1 aromatic carbocycles. The molecule has 0 fully saturated rings. The van der Waals surface area contributed by atoms with Gasteiger partial charge in [0.2, 0.25) is 0 Å². The van der Waals surface area contributed by atoms with Crippen LogP contribution in [0.15, 0.2) is 48.7 Å². The summed E-state index contributed by atoms with van der Waals surface area (Å²) in [4.78, 5) is 6.88. The summed E-state index contributed by atoms with van der Waals surface area (Å²) in [7, 11) is 2.05. The number of benzene rings is 1. The van der Waals surface area contributed by atoms with E-state index in [0.717, 1.165) is 30.1 Å². The van der Waals surface area contributed by atoms with E-state index >= 15 is 0 Å². The maximum Gasteiger partial charge on any atom is 0.119 e. The first-order valence-electron chi connectivity index (χ1n) is 6.76. The van der Waals surface area contributed by atoms with Crippen LogP contribution in [0.25, 0.3) is 0 Å². The van der Waals surface area contributed by atoms with Crippen LogP contribution in [-0.4, -0.2) is 35.1 Å². The Bertz CT molecular complexity index is 572. The van der Waals surface area contributed by atoms with Gasteiger partial charge in [-0.3, -0.25) is 9.88 Å². The molecule has 0 aliphatic heterocycles. The number of likely N-dealkylation sites (N-methyl/N-ethyl adjacent to an activating group) is 1. The van der Waals surface area contributed by atoms with Gasteiger partial charge in [0.25, 0.3) is 0 Å². The summed E-state index contributed by atoms with van der Waals surface area (Å²) in [6.07, 6.45) is 1.81. The molecule has 0 amide bonds. The summed E-state index contributed by atoms with van der Waals surface area (Å²) in [5.41, 5.74) is 7.46. The van der Waals surface area contributed by atoms with Gasteiger partial charge in [-0.25, -0.2) is 0 Å². The number of hydrogen-bond acceptors (Lipinski definition) is 4. The Balaban J connectivity index is 1.74. The minimum absolute atomic E-state index is 0.400. The summed E-state index contributed by atoms with van der Waals surface area (Å²) >= 11 is 4.91. The first-order chi connectivity index (χ1) is 10.1. The van der Waals surface area contributed by atoms with Crippen LogP contribution in [0.5, 0.6) is 5.75 Å². The topological polar surface area (TPSA) is 51.4 Å². The molecule has 1 aromatic heterocycles. The quantitative estimate of drug-likeness (QED) is 0.795. The van der Waals surface area contributed by atoms with E-state index in [1.165, 1.54) is 0 Å². The number of nitrogens with zero attached hydrogens (tertiary/aromatic N) is 2. The smallest absolute Gasteiger partial charge is 0.119 e. The molecule has 0 aliphatic carbocycles. The van der Waals surface area contributed by atoms with Crippen molar-refractivity contribution in [1.82, 2.24) is 9.88 Å². The second-order valence-electron chi connectivity index (χ2n) is 4.80. The SMILES string of the molecule is CN(CCOc1ccc(C(N)=S)cc1)Cc1ccccn1. The number of nitrogens with two attached hydrogens (primary N) is 1. The van der Waals surface area contributed by atoms with E-state index in [4.69, 9.17) is 22.7 Å². The fraction of sp³-hybridized carbons (Fsp3) is 0.250. The summed E-state index contributed by atoms with van der Waals surface area (Å²) < 4.78 is 5.70. The fourth-order valence-electron chi connectivity index (χ4n) is 1.88. The van der Waals surface area contributed by atoms with Gasteiger partial charge in [0, 0.05) is 24.8 Å². The van der Waals surface area contributed by atoms with Gasteiger partial charge in [-0.15, -0.1) is 0 Å². The van der Waals surface area contributed by atoms with Gasteiger partial charge in [0.05, 0.1) is 5.69 Å². The molecule has 2 N–H and O–H groups in total. The zero-order chi connectivity index (χ0) is 15.1. The average molecular weight is 301 g/mol. The lowest BCUT2D eigenvalue weighted by atomic mass is 10.2. The van der Waals surface area contributed by atoms with Crippen molar-refractivity contribution < 1.29 is 4.74 Å². The maximum atomic E-state index is 5.70. The summed E-state index contributed by atoms with van der Waals surface area (Å²) in [6.45, 7) is 2.26. The van der Waals surface area contributed by atoms with Crippen molar-refractivity contribution in [1.29, 1.82) is 0 Å². The van der Waals surface area contributed by atoms with Crippen molar-refractivity contribution in [3.05, 3.63) is 59.9 Å². The highest BCUT2D eigenvalue weighted by Crippen LogP contribution is 2.12. The molecule has 4 nitrogen and oxygen atoms in total. The standard InChI is InChI=1S/C16H19N3OS/c1-19(12-14-4-2-3-9-18-14)10-11-20-15-7-5-13(6-8-15)16(17)21/h2-9H,10-12H2,1H3,(H2,17,21). The van der Waals surface area contributed by atoms with Crippen LogP contribution in [0.3, 0.4) is 0 Å². The van der Waals surface area contributed by atoms with Crippen LogP contribution in [0.2, 0.25) is 0 Å². The Morgan fingerprint density at radius 3 is 2.62 bits per heavy atom. The third kappa shape index (κ3) is 5.13. The zero-order valence-corrected chi connectivity index (χ0v) is 12.8. The highest BCUT2D eigenvalue weighted by molar-refractivity contribution is 7.80. The van der Waals surface area contributed by atoms with Gasteiger partial charge >= 0.3 is 0 Å². The molecule has 0 spiro atoms. The van der Waals surface area contributed by atoms with E-state index < -0.39 is 0 Å². The number of hydrogen-bond donors (Lipinski definition) is 1. The second kappa shape index (κ2) is 7.71. The van der Waals surface area contributed by atoms with Crippen LogP contribution < -0.4 is 10.5 Å². The molecule has 0 bridgehead atoms. The molecule has 0 unspecified atom stereocenters. The monoisotopic (exact) mass is 301 g/mol. The molecule has 0 saturated heterocycles. The largest absolute Gasteiger partial charge is 0.492 e. The minimum atomic E-state index is 0.400. The van der Waals surface area contributed by atoms with Crippen LogP contribution in [-0.2, 0) is 6.54 Å². The van der Waals surface area contributed by atoms with E-state index in [1.54, 1.807) is 0 Å². The fourth-order valence-corrected chi connectivity index (χ4v) is 2.02. The molecule has 0 saturated carbocycles. The average Bonchev–Trinajstić information content (AvgIpc) is 2.49. The molecular formula is C16H19N3OS. The van der Waals surface area contributed by atoms with Crippen LogP contribution in [0.1, 0.15) is 11.3 Å². The van der Waals surface area contributed by atoms with Crippen molar-refractivity contribution in [2.24, 2.45) is 5.73 Å². The maximum absolute atomic E-state index is 5.70. The highest BCUT2D eigenvalue weighted by Gasteiger charge is 2.02. The van der Waals surface area contributed by atoms with Crippen LogP contribution >= 0.6 is 12.2 Å². The molecule has 1 heterocycles. The molecular weight excluding hydrogens is 282 g/mol. The molecule has 0 atom stereocenters. The van der Waals surface area contributed by atoms with Gasteiger partial charge in [-0.05, 0) is 43.4 Å². The Hall–Kier alpha value is -1.98. The third-order valence-corrected chi connectivity index (χ3v) is 3.27. The van der Waals surface area contributed by atoms with Gasteiger partial charge < -0.3 is 10.5 Å². The van der Waals surface area contributed by atoms with Crippen LogP contribution in [0, 0.1) is 0 Å². The van der Waals surface area contributed by atoms with E-state index in [2.05, 4.69) is 9.88 Å². The molecule has 2 aromatic rings. The molecule has 5 heteroatoms. The van der Waals surface area contributed by atoms with E-state index in [0.29, 0.717) is 11.6 Å². The van der Waals surface area contributed by atoms with E-state index in [1.807, 2.05) is 55.7 Å². The Kier molecular flexibility index (Phi) is 5.66. The van der Waals surface area contributed by atoms with Crippen molar-refractivity contribution in [3.63, 3.8) is 0 Å². The summed E-state index contributed by atoms with van der Waals surface area (Å²) in [5, 5.41) is 0. The lowest BCUT2D eigenvalue weighted by Gasteiger charge is -2.16. The van der Waals surface area contributed by atoms with Gasteiger partial charge in [-0.1, -0.05) is 18.3 Å². The van der Waals surface area contributed by atoms with Gasteiger partial charge in [0.15, 0.2) is 0 Å². The number of aromatic nitrogens is 1. The van der Waals surface area contributed by atoms with Crippen LogP contribution in [0.4, 0.5) is 0 Å². The molecule has 21 heavy (non-hydrogen) atoms. The number of thiocarbonyl (C=S) groups is 1. The number of rotatable bonds is 7. The number of pyridine rings is 1. The Morgan fingerprint density at radius 2 is 2.00 bits per heavy atom. The normalized spacial score (nSPS) is 10.6. The van der Waals surface area contributed by atoms with Gasteiger partial charge in [0.1, 0.15) is 17.3 Å². The third-order valence-electron chi connectivity index (χ3n) is 3.04. The molecule has 110 valence electrons. The zero-order valence-electron chi connectivity index (χ0n) is 12.0. The van der Waals surface area contributed by atoms with Crippen molar-refractivity contribution in [2.75, 3.05) is 20.2 Å². The van der Waals surface area contributed by atoms with E-state index in [9.17, 15) is 0 Å². The Morgan fingerprint density at radius 1 is 1.24 bits per heavy atom. The molecule has 2 rings (SSSR count). The Labute approximate surface area is 130 Å². The summed E-state index contributed by atoms with van der Waals surface area (Å²) in [6, 6.07) is 13.4. The summed E-state index contributed by atoms with van der Waals surface area (Å²) in [5.74, 6) is 0.821. The van der Waals surface area contributed by atoms with E-state index in [-0.39, 0.29) is 0 Å². The molecule has 0 aliphatic rings. The van der Waals surface area contributed by atoms with Crippen molar-refractivity contribution in [3.8, 4) is 5.75 Å². The van der Waals surface area contributed by atoms with Crippen molar-refractivity contribution in [2.45, 2.75) is 6.54 Å². The minimum Gasteiger partial charge on any atom is -0.492 e.